The highest BCUT2D eigenvalue weighted by Gasteiger charge is 2.23. The van der Waals surface area contributed by atoms with Crippen molar-refractivity contribution in [2.45, 2.75) is 19.3 Å². The van der Waals surface area contributed by atoms with Gasteiger partial charge in [-0.15, -0.1) is 0 Å². The van der Waals surface area contributed by atoms with Crippen molar-refractivity contribution in [2.75, 3.05) is 38.7 Å². The third kappa shape index (κ3) is 5.97. The molecule has 8 heteroatoms. The molecule has 3 amide bonds. The highest BCUT2D eigenvalue weighted by molar-refractivity contribution is 5.89. The van der Waals surface area contributed by atoms with Gasteiger partial charge in [0.25, 0.3) is 0 Å². The van der Waals surface area contributed by atoms with Crippen molar-refractivity contribution in [1.29, 1.82) is 0 Å². The Labute approximate surface area is 145 Å². The number of methoxy groups -OCH3 is 1. The Bertz CT molecular complexity index is 605. The number of nitrogens with zero attached hydrogens (tertiary/aromatic N) is 1. The Morgan fingerprint density at radius 3 is 2.68 bits per heavy atom. The van der Waals surface area contributed by atoms with Crippen LogP contribution in [0.3, 0.4) is 0 Å². The van der Waals surface area contributed by atoms with Gasteiger partial charge in [-0.25, -0.2) is 13.6 Å². The van der Waals surface area contributed by atoms with E-state index in [1.54, 1.807) is 4.90 Å². The summed E-state index contributed by atoms with van der Waals surface area (Å²) in [7, 11) is 1.47. The second-order valence-corrected chi connectivity index (χ2v) is 6.06. The van der Waals surface area contributed by atoms with Crippen LogP contribution >= 0.6 is 0 Å². The van der Waals surface area contributed by atoms with Crippen LogP contribution in [0.1, 0.15) is 19.3 Å². The van der Waals surface area contributed by atoms with E-state index in [0.717, 1.165) is 37.5 Å². The Hall–Kier alpha value is -2.22. The molecule has 0 aromatic heterocycles. The Morgan fingerprint density at radius 1 is 1.28 bits per heavy atom. The van der Waals surface area contributed by atoms with E-state index in [4.69, 9.17) is 4.74 Å². The number of amides is 3. The predicted molar refractivity (Wildman–Crippen MR) is 89.2 cm³/mol. The van der Waals surface area contributed by atoms with Gasteiger partial charge in [0.1, 0.15) is 18.2 Å². The smallest absolute Gasteiger partial charge is 0.321 e. The second kappa shape index (κ2) is 9.31. The number of likely N-dealkylation sites (tertiary alicyclic amines) is 1. The largest absolute Gasteiger partial charge is 0.375 e. The summed E-state index contributed by atoms with van der Waals surface area (Å²) < 4.78 is 31.5. The van der Waals surface area contributed by atoms with Crippen molar-refractivity contribution in [1.82, 2.24) is 10.2 Å². The van der Waals surface area contributed by atoms with Crippen LogP contribution in [-0.4, -0.2) is 50.2 Å². The van der Waals surface area contributed by atoms with Gasteiger partial charge in [-0.2, -0.15) is 0 Å². The molecule has 0 spiro atoms. The first-order valence-electron chi connectivity index (χ1n) is 8.26. The summed E-state index contributed by atoms with van der Waals surface area (Å²) in [6.07, 6.45) is 2.45. The average Bonchev–Trinajstić information content (AvgIpc) is 2.59. The van der Waals surface area contributed by atoms with Gasteiger partial charge in [-0.1, -0.05) is 0 Å². The van der Waals surface area contributed by atoms with Crippen molar-refractivity contribution in [3.05, 3.63) is 29.8 Å². The Kier molecular flexibility index (Phi) is 7.12. The molecule has 0 unspecified atom stereocenters. The van der Waals surface area contributed by atoms with Crippen LogP contribution in [0.25, 0.3) is 0 Å². The normalized spacial score (nSPS) is 15.1. The van der Waals surface area contributed by atoms with E-state index in [1.165, 1.54) is 7.11 Å². The lowest BCUT2D eigenvalue weighted by molar-refractivity contribution is -0.124. The molecule has 1 aromatic rings. The van der Waals surface area contributed by atoms with E-state index in [-0.39, 0.29) is 18.2 Å². The van der Waals surface area contributed by atoms with Gasteiger partial charge in [-0.05, 0) is 37.3 Å². The minimum absolute atomic E-state index is 0.0508. The van der Waals surface area contributed by atoms with Crippen molar-refractivity contribution in [3.63, 3.8) is 0 Å². The number of ether oxygens (including phenoxy) is 1. The minimum atomic E-state index is -0.670. The number of rotatable bonds is 6. The summed E-state index contributed by atoms with van der Waals surface area (Å²) in [4.78, 5) is 25.1. The number of piperidine rings is 1. The van der Waals surface area contributed by atoms with E-state index >= 15 is 0 Å². The summed E-state index contributed by atoms with van der Waals surface area (Å²) in [5.41, 5.74) is -0.159. The summed E-state index contributed by atoms with van der Waals surface area (Å²) in [6, 6.07) is 2.51. The molecule has 0 atom stereocenters. The zero-order valence-electron chi connectivity index (χ0n) is 14.2. The number of anilines is 1. The predicted octanol–water partition coefficient (Wildman–Crippen LogP) is 2.36. The van der Waals surface area contributed by atoms with E-state index in [1.807, 2.05) is 0 Å². The van der Waals surface area contributed by atoms with Crippen LogP contribution in [0.5, 0.6) is 0 Å². The number of hydrogen-bond acceptors (Lipinski definition) is 3. The van der Waals surface area contributed by atoms with Crippen molar-refractivity contribution >= 4 is 17.6 Å². The lowest BCUT2D eigenvalue weighted by Crippen LogP contribution is -2.41. The molecule has 1 aromatic carbocycles. The number of hydrogen-bond donors (Lipinski definition) is 2. The van der Waals surface area contributed by atoms with Gasteiger partial charge in [0.15, 0.2) is 0 Å². The molecule has 1 heterocycles. The van der Waals surface area contributed by atoms with Gasteiger partial charge in [0.2, 0.25) is 5.91 Å². The fourth-order valence-electron chi connectivity index (χ4n) is 2.81. The number of carbonyl (C=O) groups excluding carboxylic acids is 2. The zero-order valence-corrected chi connectivity index (χ0v) is 14.2. The molecule has 2 rings (SSSR count). The molecule has 138 valence electrons. The first-order chi connectivity index (χ1) is 12.0. The zero-order chi connectivity index (χ0) is 18.2. The molecule has 1 saturated heterocycles. The van der Waals surface area contributed by atoms with E-state index in [9.17, 15) is 18.4 Å². The van der Waals surface area contributed by atoms with Crippen LogP contribution in [0.4, 0.5) is 19.3 Å². The molecule has 2 N–H and O–H groups in total. The number of halogens is 2. The topological polar surface area (TPSA) is 70.7 Å². The standard InChI is InChI=1S/C17H23F2N3O3/c1-25-11-16(23)20-7-4-12-5-8-22(9-6-12)17(24)21-15-10-13(18)2-3-14(15)19/h2-3,10,12H,4-9,11H2,1H3,(H,20,23)(H,21,24). The lowest BCUT2D eigenvalue weighted by Gasteiger charge is -2.32. The molecule has 0 saturated carbocycles. The van der Waals surface area contributed by atoms with Crippen LogP contribution < -0.4 is 10.6 Å². The summed E-state index contributed by atoms with van der Waals surface area (Å²) in [5, 5.41) is 5.18. The quantitative estimate of drug-likeness (QED) is 0.823. The average molecular weight is 355 g/mol. The molecule has 1 aliphatic heterocycles. The van der Waals surface area contributed by atoms with Gasteiger partial charge in [0.05, 0.1) is 5.69 Å². The summed E-state index contributed by atoms with van der Waals surface area (Å²) in [5.74, 6) is -1.00. The molecule has 1 fully saturated rings. The maximum Gasteiger partial charge on any atom is 0.321 e. The fourth-order valence-corrected chi connectivity index (χ4v) is 2.81. The van der Waals surface area contributed by atoms with E-state index in [0.29, 0.717) is 25.6 Å². The molecule has 6 nitrogen and oxygen atoms in total. The van der Waals surface area contributed by atoms with Crippen LogP contribution in [0.15, 0.2) is 18.2 Å². The molecular formula is C17H23F2N3O3. The molecule has 0 radical (unpaired) electrons. The number of benzene rings is 1. The van der Waals surface area contributed by atoms with Crippen LogP contribution in [0, 0.1) is 17.6 Å². The first-order valence-corrected chi connectivity index (χ1v) is 8.26. The molecule has 0 aliphatic carbocycles. The molecule has 25 heavy (non-hydrogen) atoms. The highest BCUT2D eigenvalue weighted by atomic mass is 19.1. The number of nitrogens with one attached hydrogen (secondary N) is 2. The van der Waals surface area contributed by atoms with E-state index < -0.39 is 17.7 Å². The maximum atomic E-state index is 13.6. The summed E-state index contributed by atoms with van der Waals surface area (Å²) >= 11 is 0. The number of carbonyl (C=O) groups is 2. The summed E-state index contributed by atoms with van der Waals surface area (Å²) in [6.45, 7) is 1.71. The minimum Gasteiger partial charge on any atom is -0.375 e. The second-order valence-electron chi connectivity index (χ2n) is 6.06. The molecule has 0 bridgehead atoms. The highest BCUT2D eigenvalue weighted by Crippen LogP contribution is 2.21. The van der Waals surface area contributed by atoms with Gasteiger partial charge in [0, 0.05) is 32.8 Å². The van der Waals surface area contributed by atoms with Gasteiger partial charge in [-0.3, -0.25) is 4.79 Å². The molecular weight excluding hydrogens is 332 g/mol. The van der Waals surface area contributed by atoms with Crippen LogP contribution in [-0.2, 0) is 9.53 Å². The Morgan fingerprint density at radius 2 is 2.00 bits per heavy atom. The van der Waals surface area contributed by atoms with Crippen molar-refractivity contribution < 1.29 is 23.1 Å². The monoisotopic (exact) mass is 355 g/mol. The first kappa shape index (κ1) is 19.1. The third-order valence-corrected chi connectivity index (χ3v) is 4.22. The van der Waals surface area contributed by atoms with Crippen molar-refractivity contribution in [2.24, 2.45) is 5.92 Å². The maximum absolute atomic E-state index is 13.6. The Balaban J connectivity index is 1.73. The van der Waals surface area contributed by atoms with Gasteiger partial charge >= 0.3 is 6.03 Å². The fraction of sp³-hybridized carbons (Fsp3) is 0.529. The van der Waals surface area contributed by atoms with Crippen LogP contribution in [0.2, 0.25) is 0 Å². The van der Waals surface area contributed by atoms with E-state index in [2.05, 4.69) is 10.6 Å². The third-order valence-electron chi connectivity index (χ3n) is 4.22. The number of urea groups is 1. The van der Waals surface area contributed by atoms with Gasteiger partial charge < -0.3 is 20.3 Å². The SMILES string of the molecule is COCC(=O)NCCC1CCN(C(=O)Nc2cc(F)ccc2F)CC1. The lowest BCUT2D eigenvalue weighted by atomic mass is 9.94. The van der Waals surface area contributed by atoms with Crippen molar-refractivity contribution in [3.8, 4) is 0 Å². The molecule has 1 aliphatic rings.